The Hall–Kier alpha value is -3.03. The molecule has 0 saturated carbocycles. The lowest BCUT2D eigenvalue weighted by molar-refractivity contribution is -0.121. The lowest BCUT2D eigenvalue weighted by Crippen LogP contribution is -2.30. The van der Waals surface area contributed by atoms with E-state index in [4.69, 9.17) is 4.52 Å². The average molecular weight is 354 g/mol. The fourth-order valence-corrected chi connectivity index (χ4v) is 2.72. The van der Waals surface area contributed by atoms with Crippen LogP contribution in [0.5, 0.6) is 0 Å². The van der Waals surface area contributed by atoms with Crippen molar-refractivity contribution < 1.29 is 9.32 Å². The van der Waals surface area contributed by atoms with Gasteiger partial charge in [0.15, 0.2) is 0 Å². The van der Waals surface area contributed by atoms with Crippen LogP contribution in [-0.4, -0.2) is 37.4 Å². The van der Waals surface area contributed by atoms with E-state index in [1.807, 2.05) is 43.7 Å². The summed E-state index contributed by atoms with van der Waals surface area (Å²) in [7, 11) is 0. The van der Waals surface area contributed by atoms with E-state index in [9.17, 15) is 4.79 Å². The minimum atomic E-state index is -0.0537. The van der Waals surface area contributed by atoms with Crippen LogP contribution >= 0.6 is 0 Å². The van der Waals surface area contributed by atoms with Gasteiger partial charge in [0.2, 0.25) is 17.6 Å². The van der Waals surface area contributed by atoms with Gasteiger partial charge in [-0.3, -0.25) is 14.5 Å². The van der Waals surface area contributed by atoms with Gasteiger partial charge in [-0.05, 0) is 39.0 Å². The van der Waals surface area contributed by atoms with E-state index in [0.29, 0.717) is 31.1 Å². The van der Waals surface area contributed by atoms with Crippen molar-refractivity contribution in [2.75, 3.05) is 6.54 Å². The van der Waals surface area contributed by atoms with Crippen LogP contribution in [-0.2, 0) is 11.2 Å². The summed E-state index contributed by atoms with van der Waals surface area (Å²) < 4.78 is 7.13. The maximum atomic E-state index is 12.1. The minimum Gasteiger partial charge on any atom is -0.354 e. The highest BCUT2D eigenvalue weighted by atomic mass is 16.5. The molecule has 8 heteroatoms. The maximum absolute atomic E-state index is 12.1. The molecule has 0 aliphatic heterocycles. The molecular formula is C18H22N6O2. The van der Waals surface area contributed by atoms with Gasteiger partial charge in [-0.1, -0.05) is 5.16 Å². The van der Waals surface area contributed by atoms with E-state index in [2.05, 4.69) is 25.5 Å². The molecule has 0 fully saturated rings. The number of amides is 1. The Morgan fingerprint density at radius 3 is 2.77 bits per heavy atom. The second kappa shape index (κ2) is 7.90. The Bertz CT molecular complexity index is 871. The van der Waals surface area contributed by atoms with Crippen molar-refractivity contribution in [1.29, 1.82) is 0 Å². The summed E-state index contributed by atoms with van der Waals surface area (Å²) in [4.78, 5) is 20.3. The highest BCUT2D eigenvalue weighted by Crippen LogP contribution is 2.14. The van der Waals surface area contributed by atoms with Crippen LogP contribution in [0.3, 0.4) is 0 Å². The van der Waals surface area contributed by atoms with E-state index in [1.54, 1.807) is 12.4 Å². The lowest BCUT2D eigenvalue weighted by Gasteiger charge is -2.15. The van der Waals surface area contributed by atoms with E-state index >= 15 is 0 Å². The number of hydrogen-bond donors (Lipinski definition) is 1. The fourth-order valence-electron chi connectivity index (χ4n) is 2.72. The molecule has 1 N–H and O–H groups in total. The molecule has 0 unspecified atom stereocenters. The highest BCUT2D eigenvalue weighted by molar-refractivity contribution is 5.76. The largest absolute Gasteiger partial charge is 0.354 e. The minimum absolute atomic E-state index is 0.0537. The second-order valence-electron chi connectivity index (χ2n) is 6.27. The van der Waals surface area contributed by atoms with Gasteiger partial charge >= 0.3 is 0 Å². The molecule has 8 nitrogen and oxygen atoms in total. The maximum Gasteiger partial charge on any atom is 0.227 e. The van der Waals surface area contributed by atoms with Crippen molar-refractivity contribution in [1.82, 2.24) is 30.2 Å². The number of pyridine rings is 1. The molecule has 26 heavy (non-hydrogen) atoms. The molecule has 0 spiro atoms. The van der Waals surface area contributed by atoms with Gasteiger partial charge < -0.3 is 9.84 Å². The van der Waals surface area contributed by atoms with Gasteiger partial charge in [0.05, 0.1) is 11.7 Å². The molecule has 136 valence electrons. The standard InChI is InChI=1S/C18H22N6O2/c1-12-10-13(2)24(22-12)14(3)11-20-16(25)4-5-17-21-18(23-26-17)15-6-8-19-9-7-15/h6-10,14H,4-5,11H2,1-3H3,(H,20,25)/t14-/m1/s1. The van der Waals surface area contributed by atoms with Gasteiger partial charge in [0.25, 0.3) is 0 Å². The summed E-state index contributed by atoms with van der Waals surface area (Å²) in [5, 5.41) is 11.3. The van der Waals surface area contributed by atoms with Crippen molar-refractivity contribution in [2.24, 2.45) is 0 Å². The number of hydrogen-bond acceptors (Lipinski definition) is 6. The fraction of sp³-hybridized carbons (Fsp3) is 0.389. The Morgan fingerprint density at radius 2 is 2.08 bits per heavy atom. The summed E-state index contributed by atoms with van der Waals surface area (Å²) in [5.74, 6) is 0.890. The Kier molecular flexibility index (Phi) is 5.40. The van der Waals surface area contributed by atoms with Gasteiger partial charge in [0, 0.05) is 43.0 Å². The number of aryl methyl sites for hydroxylation is 3. The van der Waals surface area contributed by atoms with Gasteiger partial charge in [-0.15, -0.1) is 0 Å². The Labute approximate surface area is 151 Å². The summed E-state index contributed by atoms with van der Waals surface area (Å²) >= 11 is 0. The Morgan fingerprint density at radius 1 is 1.31 bits per heavy atom. The number of nitrogens with one attached hydrogen (secondary N) is 1. The number of carbonyl (C=O) groups excluding carboxylic acids is 1. The molecule has 3 aromatic rings. The van der Waals surface area contributed by atoms with Crippen LogP contribution in [0, 0.1) is 13.8 Å². The molecule has 0 aliphatic rings. The van der Waals surface area contributed by atoms with E-state index < -0.39 is 0 Å². The highest BCUT2D eigenvalue weighted by Gasteiger charge is 2.13. The summed E-state index contributed by atoms with van der Waals surface area (Å²) in [6, 6.07) is 5.73. The first kappa shape index (κ1) is 17.8. The molecule has 1 amide bonds. The second-order valence-corrected chi connectivity index (χ2v) is 6.27. The lowest BCUT2D eigenvalue weighted by atomic mass is 10.2. The zero-order valence-electron chi connectivity index (χ0n) is 15.1. The van der Waals surface area contributed by atoms with Crippen LogP contribution in [0.1, 0.15) is 36.7 Å². The molecule has 0 radical (unpaired) electrons. The molecule has 0 aromatic carbocycles. The van der Waals surface area contributed by atoms with Crippen molar-refractivity contribution in [3.63, 3.8) is 0 Å². The zero-order valence-corrected chi connectivity index (χ0v) is 15.1. The predicted molar refractivity (Wildman–Crippen MR) is 95.3 cm³/mol. The van der Waals surface area contributed by atoms with E-state index in [0.717, 1.165) is 17.0 Å². The van der Waals surface area contributed by atoms with Gasteiger partial charge in [-0.25, -0.2) is 0 Å². The third-order valence-electron chi connectivity index (χ3n) is 4.03. The molecule has 1 atom stereocenters. The molecule has 0 bridgehead atoms. The Balaban J connectivity index is 1.47. The predicted octanol–water partition coefficient (Wildman–Crippen LogP) is 2.25. The average Bonchev–Trinajstić information content (AvgIpc) is 3.25. The first-order valence-corrected chi connectivity index (χ1v) is 8.55. The number of aromatic nitrogens is 5. The topological polar surface area (TPSA) is 98.7 Å². The van der Waals surface area contributed by atoms with Crippen LogP contribution in [0.2, 0.25) is 0 Å². The van der Waals surface area contributed by atoms with Crippen molar-refractivity contribution in [2.45, 2.75) is 39.7 Å². The van der Waals surface area contributed by atoms with Crippen LogP contribution < -0.4 is 5.32 Å². The van der Waals surface area contributed by atoms with Crippen molar-refractivity contribution >= 4 is 5.91 Å². The number of rotatable bonds is 7. The van der Waals surface area contributed by atoms with Crippen LogP contribution in [0.15, 0.2) is 35.1 Å². The SMILES string of the molecule is Cc1cc(C)n([C@H](C)CNC(=O)CCc2nc(-c3ccncc3)no2)n1. The molecular weight excluding hydrogens is 332 g/mol. The van der Waals surface area contributed by atoms with Gasteiger partial charge in [-0.2, -0.15) is 10.1 Å². The molecule has 0 aliphatic carbocycles. The van der Waals surface area contributed by atoms with Crippen molar-refractivity contribution in [3.8, 4) is 11.4 Å². The first-order chi connectivity index (χ1) is 12.5. The van der Waals surface area contributed by atoms with E-state index in [1.165, 1.54) is 0 Å². The van der Waals surface area contributed by atoms with Crippen molar-refractivity contribution in [3.05, 3.63) is 47.9 Å². The summed E-state index contributed by atoms with van der Waals surface area (Å²) in [6.45, 7) is 6.51. The first-order valence-electron chi connectivity index (χ1n) is 8.55. The quantitative estimate of drug-likeness (QED) is 0.699. The summed E-state index contributed by atoms with van der Waals surface area (Å²) in [5.41, 5.74) is 2.89. The zero-order chi connectivity index (χ0) is 18.5. The normalized spacial score (nSPS) is 12.1. The summed E-state index contributed by atoms with van der Waals surface area (Å²) in [6.07, 6.45) is 4.03. The number of carbonyl (C=O) groups is 1. The molecule has 3 rings (SSSR count). The van der Waals surface area contributed by atoms with Gasteiger partial charge in [0.1, 0.15) is 0 Å². The molecule has 3 aromatic heterocycles. The molecule has 3 heterocycles. The van der Waals surface area contributed by atoms with Crippen LogP contribution in [0.25, 0.3) is 11.4 Å². The third kappa shape index (κ3) is 4.33. The monoisotopic (exact) mass is 354 g/mol. The third-order valence-corrected chi connectivity index (χ3v) is 4.03. The molecule has 0 saturated heterocycles. The van der Waals surface area contributed by atoms with Crippen LogP contribution in [0.4, 0.5) is 0 Å². The smallest absolute Gasteiger partial charge is 0.227 e. The number of nitrogens with zero attached hydrogens (tertiary/aromatic N) is 5. The van der Waals surface area contributed by atoms with E-state index in [-0.39, 0.29) is 11.9 Å².